The van der Waals surface area contributed by atoms with E-state index >= 15 is 0 Å². The fourth-order valence-corrected chi connectivity index (χ4v) is 3.14. The molecule has 0 radical (unpaired) electrons. The van der Waals surface area contributed by atoms with Crippen LogP contribution in [0.25, 0.3) is 0 Å². The number of thioether (sulfide) groups is 1. The van der Waals surface area contributed by atoms with Crippen LogP contribution in [0.2, 0.25) is 5.02 Å². The van der Waals surface area contributed by atoms with Gasteiger partial charge < -0.3 is 5.32 Å². The van der Waals surface area contributed by atoms with Gasteiger partial charge in [0, 0.05) is 10.9 Å². The molecule has 2 nitrogen and oxygen atoms in total. The van der Waals surface area contributed by atoms with E-state index < -0.39 is 0 Å². The number of carbonyl (C=O) groups is 1. The van der Waals surface area contributed by atoms with E-state index in [-0.39, 0.29) is 5.91 Å². The first-order chi connectivity index (χ1) is 9.20. The summed E-state index contributed by atoms with van der Waals surface area (Å²) in [5.41, 5.74) is 0.595. The maximum atomic E-state index is 12.3. The van der Waals surface area contributed by atoms with Crippen LogP contribution in [-0.4, -0.2) is 18.2 Å². The molecule has 0 unspecified atom stereocenters. The topological polar surface area (TPSA) is 29.1 Å². The third-order valence-electron chi connectivity index (χ3n) is 3.61. The third kappa shape index (κ3) is 4.15. The maximum Gasteiger partial charge on any atom is 0.253 e. The molecule has 1 N–H and O–H groups in total. The van der Waals surface area contributed by atoms with Crippen molar-refractivity contribution in [3.8, 4) is 0 Å². The Hall–Kier alpha value is -0.670. The van der Waals surface area contributed by atoms with Crippen molar-refractivity contribution in [3.05, 3.63) is 28.8 Å². The second-order valence-corrected chi connectivity index (χ2v) is 6.29. The highest BCUT2D eigenvalue weighted by Crippen LogP contribution is 2.24. The van der Waals surface area contributed by atoms with Crippen molar-refractivity contribution in [2.45, 2.75) is 49.5 Å². The van der Waals surface area contributed by atoms with Crippen LogP contribution < -0.4 is 5.32 Å². The summed E-state index contributed by atoms with van der Waals surface area (Å²) in [6, 6.07) is 5.92. The van der Waals surface area contributed by atoms with Crippen LogP contribution in [0.4, 0.5) is 0 Å². The van der Waals surface area contributed by atoms with Gasteiger partial charge in [0.25, 0.3) is 5.91 Å². The SMILES string of the molecule is CSc1ccc(Cl)c(C(=O)NC2CCCCCC2)c1. The molecule has 1 amide bonds. The van der Waals surface area contributed by atoms with Gasteiger partial charge in [0.1, 0.15) is 0 Å². The summed E-state index contributed by atoms with van der Waals surface area (Å²) in [4.78, 5) is 13.4. The Morgan fingerprint density at radius 2 is 1.95 bits per heavy atom. The molecule has 1 fully saturated rings. The number of nitrogens with one attached hydrogen (secondary N) is 1. The second-order valence-electron chi connectivity index (χ2n) is 5.01. The van der Waals surface area contributed by atoms with Crippen LogP contribution in [0.15, 0.2) is 23.1 Å². The van der Waals surface area contributed by atoms with E-state index in [0.29, 0.717) is 16.6 Å². The van der Waals surface area contributed by atoms with E-state index in [4.69, 9.17) is 11.6 Å². The smallest absolute Gasteiger partial charge is 0.253 e. The van der Waals surface area contributed by atoms with Gasteiger partial charge in [0.05, 0.1) is 10.6 Å². The first-order valence-corrected chi connectivity index (χ1v) is 8.45. The van der Waals surface area contributed by atoms with Crippen molar-refractivity contribution in [2.75, 3.05) is 6.26 Å². The number of rotatable bonds is 3. The molecular weight excluding hydrogens is 278 g/mol. The number of benzene rings is 1. The normalized spacial score (nSPS) is 16.9. The Morgan fingerprint density at radius 1 is 1.26 bits per heavy atom. The molecule has 0 bridgehead atoms. The molecule has 19 heavy (non-hydrogen) atoms. The van der Waals surface area contributed by atoms with E-state index in [1.54, 1.807) is 17.8 Å². The lowest BCUT2D eigenvalue weighted by Crippen LogP contribution is -2.34. The predicted octanol–water partition coefficient (Wildman–Crippen LogP) is 4.51. The van der Waals surface area contributed by atoms with Gasteiger partial charge in [-0.15, -0.1) is 11.8 Å². The molecule has 1 aromatic carbocycles. The zero-order chi connectivity index (χ0) is 13.7. The zero-order valence-electron chi connectivity index (χ0n) is 11.2. The van der Waals surface area contributed by atoms with Crippen molar-refractivity contribution in [1.82, 2.24) is 5.32 Å². The first-order valence-electron chi connectivity index (χ1n) is 6.85. The van der Waals surface area contributed by atoms with Crippen LogP contribution in [0, 0.1) is 0 Å². The Kier molecular flexibility index (Phi) is 5.59. The highest BCUT2D eigenvalue weighted by molar-refractivity contribution is 7.98. The van der Waals surface area contributed by atoms with Crippen LogP contribution >= 0.6 is 23.4 Å². The van der Waals surface area contributed by atoms with Gasteiger partial charge in [-0.3, -0.25) is 4.79 Å². The molecular formula is C15H20ClNOS. The molecule has 1 aliphatic rings. The molecule has 4 heteroatoms. The summed E-state index contributed by atoms with van der Waals surface area (Å²) >= 11 is 7.75. The average Bonchev–Trinajstić information content (AvgIpc) is 2.68. The van der Waals surface area contributed by atoms with Gasteiger partial charge in [-0.05, 0) is 37.3 Å². The number of hydrogen-bond acceptors (Lipinski definition) is 2. The minimum Gasteiger partial charge on any atom is -0.349 e. The van der Waals surface area contributed by atoms with Crippen LogP contribution in [-0.2, 0) is 0 Å². The van der Waals surface area contributed by atoms with E-state index in [0.717, 1.165) is 17.7 Å². The van der Waals surface area contributed by atoms with Crippen molar-refractivity contribution in [1.29, 1.82) is 0 Å². The largest absolute Gasteiger partial charge is 0.349 e. The molecule has 0 heterocycles. The van der Waals surface area contributed by atoms with Gasteiger partial charge in [-0.1, -0.05) is 37.3 Å². The summed E-state index contributed by atoms with van der Waals surface area (Å²) in [5, 5.41) is 3.67. The molecule has 0 aromatic heterocycles. The van der Waals surface area contributed by atoms with Gasteiger partial charge in [-0.2, -0.15) is 0 Å². The predicted molar refractivity (Wildman–Crippen MR) is 82.2 cm³/mol. The lowest BCUT2D eigenvalue weighted by Gasteiger charge is -2.17. The maximum absolute atomic E-state index is 12.3. The van der Waals surface area contributed by atoms with Crippen molar-refractivity contribution in [2.24, 2.45) is 0 Å². The Morgan fingerprint density at radius 3 is 2.58 bits per heavy atom. The molecule has 0 saturated heterocycles. The summed E-state index contributed by atoms with van der Waals surface area (Å²) in [6.07, 6.45) is 9.17. The number of amides is 1. The molecule has 104 valence electrons. The van der Waals surface area contributed by atoms with E-state index in [2.05, 4.69) is 5.32 Å². The highest BCUT2D eigenvalue weighted by Gasteiger charge is 2.17. The summed E-state index contributed by atoms with van der Waals surface area (Å²) in [6.45, 7) is 0. The molecule has 1 aromatic rings. The van der Waals surface area contributed by atoms with Gasteiger partial charge in [0.15, 0.2) is 0 Å². The fraction of sp³-hybridized carbons (Fsp3) is 0.533. The van der Waals surface area contributed by atoms with Crippen LogP contribution in [0.5, 0.6) is 0 Å². The first kappa shape index (κ1) is 14.7. The second kappa shape index (κ2) is 7.20. The van der Waals surface area contributed by atoms with Gasteiger partial charge in [-0.25, -0.2) is 0 Å². The summed E-state index contributed by atoms with van der Waals surface area (Å²) in [7, 11) is 0. The number of hydrogen-bond donors (Lipinski definition) is 1. The molecule has 0 aliphatic heterocycles. The monoisotopic (exact) mass is 297 g/mol. The van der Waals surface area contributed by atoms with Gasteiger partial charge in [0.2, 0.25) is 0 Å². The highest BCUT2D eigenvalue weighted by atomic mass is 35.5. The van der Waals surface area contributed by atoms with Gasteiger partial charge >= 0.3 is 0 Å². The van der Waals surface area contributed by atoms with Crippen molar-refractivity contribution >= 4 is 29.3 Å². The summed E-state index contributed by atoms with van der Waals surface area (Å²) in [5.74, 6) is -0.0344. The van der Waals surface area contributed by atoms with Crippen molar-refractivity contribution in [3.63, 3.8) is 0 Å². The Balaban J connectivity index is 2.06. The molecule has 2 rings (SSSR count). The standard InChI is InChI=1S/C15H20ClNOS/c1-19-12-8-9-14(16)13(10-12)15(18)17-11-6-4-2-3-5-7-11/h8-11H,2-7H2,1H3,(H,17,18). The summed E-state index contributed by atoms with van der Waals surface area (Å²) < 4.78 is 0. The zero-order valence-corrected chi connectivity index (χ0v) is 12.8. The van der Waals surface area contributed by atoms with Crippen LogP contribution in [0.3, 0.4) is 0 Å². The number of carbonyl (C=O) groups excluding carboxylic acids is 1. The minimum atomic E-state index is -0.0344. The fourth-order valence-electron chi connectivity index (χ4n) is 2.49. The third-order valence-corrected chi connectivity index (χ3v) is 4.66. The number of halogens is 1. The lowest BCUT2D eigenvalue weighted by molar-refractivity contribution is 0.0933. The van der Waals surface area contributed by atoms with Crippen LogP contribution in [0.1, 0.15) is 48.9 Å². The van der Waals surface area contributed by atoms with E-state index in [1.165, 1.54) is 25.7 Å². The van der Waals surface area contributed by atoms with E-state index in [1.807, 2.05) is 18.4 Å². The molecule has 1 aliphatic carbocycles. The molecule has 0 spiro atoms. The Bertz CT molecular complexity index is 442. The Labute approximate surface area is 124 Å². The minimum absolute atomic E-state index is 0.0344. The molecule has 0 atom stereocenters. The van der Waals surface area contributed by atoms with E-state index in [9.17, 15) is 4.79 Å². The lowest BCUT2D eigenvalue weighted by atomic mass is 10.1. The average molecular weight is 298 g/mol. The van der Waals surface area contributed by atoms with Crippen molar-refractivity contribution < 1.29 is 4.79 Å². The molecule has 1 saturated carbocycles. The quantitative estimate of drug-likeness (QED) is 0.657.